The summed E-state index contributed by atoms with van der Waals surface area (Å²) >= 11 is 5.94. The first-order valence-corrected chi connectivity index (χ1v) is 10.6. The Hall–Kier alpha value is -2.64. The van der Waals surface area contributed by atoms with Gasteiger partial charge in [-0.15, -0.1) is 0 Å². The third-order valence-electron chi connectivity index (χ3n) is 5.11. The van der Waals surface area contributed by atoms with Gasteiger partial charge in [0.05, 0.1) is 12.6 Å². The van der Waals surface area contributed by atoms with Gasteiger partial charge in [-0.05, 0) is 63.9 Å². The number of ketones is 1. The molecule has 2 rings (SSSR count). The number of ether oxygens (including phenoxy) is 2. The number of Topliss-reactive ketones (excluding diaryl/α,β-unsaturated/α-hetero) is 1. The lowest BCUT2D eigenvalue weighted by Gasteiger charge is -2.29. The van der Waals surface area contributed by atoms with Gasteiger partial charge in [0.15, 0.2) is 5.78 Å². The van der Waals surface area contributed by atoms with Gasteiger partial charge in [-0.2, -0.15) is 0 Å². The molecule has 7 nitrogen and oxygen atoms in total. The van der Waals surface area contributed by atoms with Crippen molar-refractivity contribution in [2.24, 2.45) is 0 Å². The molecule has 0 aliphatic rings. The van der Waals surface area contributed by atoms with Crippen molar-refractivity contribution in [2.75, 3.05) is 26.9 Å². The van der Waals surface area contributed by atoms with Crippen molar-refractivity contribution in [3.63, 3.8) is 0 Å². The molecule has 1 aromatic carbocycles. The number of hydrogen-bond donors (Lipinski definition) is 1. The highest BCUT2D eigenvalue weighted by Crippen LogP contribution is 2.23. The van der Waals surface area contributed by atoms with Crippen molar-refractivity contribution in [1.82, 2.24) is 9.88 Å². The maximum absolute atomic E-state index is 13.4. The summed E-state index contributed by atoms with van der Waals surface area (Å²) in [4.78, 5) is 43.3. The van der Waals surface area contributed by atoms with Gasteiger partial charge < -0.3 is 19.4 Å². The number of aromatic nitrogens is 1. The fourth-order valence-corrected chi connectivity index (χ4v) is 3.61. The van der Waals surface area contributed by atoms with Crippen molar-refractivity contribution < 1.29 is 23.9 Å². The van der Waals surface area contributed by atoms with Crippen LogP contribution >= 0.6 is 11.6 Å². The molecule has 1 unspecified atom stereocenters. The molecule has 0 saturated heterocycles. The molecule has 2 aromatic rings. The molecule has 1 heterocycles. The van der Waals surface area contributed by atoms with Gasteiger partial charge in [0.25, 0.3) is 5.91 Å². The van der Waals surface area contributed by atoms with Gasteiger partial charge in [0.1, 0.15) is 5.69 Å². The predicted octanol–water partition coefficient (Wildman–Crippen LogP) is 4.21. The quantitative estimate of drug-likeness (QED) is 0.334. The van der Waals surface area contributed by atoms with Crippen molar-refractivity contribution in [3.05, 3.63) is 57.4 Å². The summed E-state index contributed by atoms with van der Waals surface area (Å²) in [6, 6.07) is 5.80. The Bertz CT molecular complexity index is 936. The maximum Gasteiger partial charge on any atom is 0.355 e. The molecule has 0 spiro atoms. The summed E-state index contributed by atoms with van der Waals surface area (Å²) in [5.41, 5.74) is 2.18. The van der Waals surface area contributed by atoms with Crippen molar-refractivity contribution in [3.8, 4) is 0 Å². The lowest BCUT2D eigenvalue weighted by atomic mass is 9.99. The Morgan fingerprint density at radius 1 is 1.16 bits per heavy atom. The highest BCUT2D eigenvalue weighted by Gasteiger charge is 2.31. The van der Waals surface area contributed by atoms with Gasteiger partial charge in [0.2, 0.25) is 0 Å². The molecule has 1 aromatic heterocycles. The molecule has 0 bridgehead atoms. The number of benzene rings is 1. The zero-order chi connectivity index (χ0) is 23.1. The smallest absolute Gasteiger partial charge is 0.355 e. The van der Waals surface area contributed by atoms with E-state index in [9.17, 15) is 14.4 Å². The predicted molar refractivity (Wildman–Crippen MR) is 119 cm³/mol. The second-order valence-corrected chi connectivity index (χ2v) is 7.67. The molecule has 1 N–H and O–H groups in total. The highest BCUT2D eigenvalue weighted by molar-refractivity contribution is 6.30. The van der Waals surface area contributed by atoms with Crippen LogP contribution in [-0.4, -0.2) is 60.5 Å². The van der Waals surface area contributed by atoms with Crippen LogP contribution in [0, 0.1) is 13.8 Å². The molecular formula is C23H29ClN2O5. The minimum Gasteiger partial charge on any atom is -0.461 e. The maximum atomic E-state index is 13.4. The number of nitrogens with one attached hydrogen (secondary N) is 1. The van der Waals surface area contributed by atoms with Gasteiger partial charge in [-0.1, -0.05) is 11.6 Å². The zero-order valence-corrected chi connectivity index (χ0v) is 19.3. The number of methoxy groups -OCH3 is 1. The number of aryl methyl sites for hydroxylation is 1. The van der Waals surface area contributed by atoms with E-state index in [0.717, 1.165) is 0 Å². The van der Waals surface area contributed by atoms with E-state index < -0.39 is 12.0 Å². The van der Waals surface area contributed by atoms with E-state index in [4.69, 9.17) is 21.1 Å². The van der Waals surface area contributed by atoms with E-state index in [2.05, 4.69) is 4.98 Å². The Kier molecular flexibility index (Phi) is 8.83. The van der Waals surface area contributed by atoms with Crippen LogP contribution in [0.4, 0.5) is 0 Å². The van der Waals surface area contributed by atoms with Crippen molar-refractivity contribution >= 4 is 29.3 Å². The van der Waals surface area contributed by atoms with Crippen LogP contribution in [0.5, 0.6) is 0 Å². The summed E-state index contributed by atoms with van der Waals surface area (Å²) in [5.74, 6) is -1.03. The fourth-order valence-electron chi connectivity index (χ4n) is 3.49. The fraction of sp³-hybridized carbons (Fsp3) is 0.435. The molecule has 0 aliphatic heterocycles. The van der Waals surface area contributed by atoms with Crippen LogP contribution in [0.2, 0.25) is 5.02 Å². The standard InChI is InChI=1S/C23H29ClN2O5/c1-6-31-23(29)20-14(2)19(15(3)25-20)21(27)16(4)26(12-7-13-30-5)22(28)17-8-10-18(24)11-9-17/h8-11,16,25H,6-7,12-13H2,1-5H3. The number of nitrogens with zero attached hydrogens (tertiary/aromatic N) is 1. The average Bonchev–Trinajstić information content (AvgIpc) is 3.04. The number of carbonyl (C=O) groups is 3. The number of rotatable bonds is 10. The second kappa shape index (κ2) is 11.1. The number of amides is 1. The van der Waals surface area contributed by atoms with Gasteiger partial charge in [-0.25, -0.2) is 4.79 Å². The molecule has 168 valence electrons. The number of carbonyl (C=O) groups excluding carboxylic acids is 3. The Balaban J connectivity index is 2.36. The molecule has 0 radical (unpaired) electrons. The van der Waals surface area contributed by atoms with Crippen molar-refractivity contribution in [2.45, 2.75) is 40.2 Å². The van der Waals surface area contributed by atoms with Crippen molar-refractivity contribution in [1.29, 1.82) is 0 Å². The number of aromatic amines is 1. The van der Waals surface area contributed by atoms with Crippen LogP contribution in [0.3, 0.4) is 0 Å². The van der Waals surface area contributed by atoms with Crippen LogP contribution in [0.15, 0.2) is 24.3 Å². The van der Waals surface area contributed by atoms with E-state index >= 15 is 0 Å². The number of halogens is 1. The highest BCUT2D eigenvalue weighted by atomic mass is 35.5. The summed E-state index contributed by atoms with van der Waals surface area (Å²) in [5, 5.41) is 0.525. The second-order valence-electron chi connectivity index (χ2n) is 7.24. The molecule has 8 heteroatoms. The lowest BCUT2D eigenvalue weighted by molar-refractivity contribution is 0.0518. The van der Waals surface area contributed by atoms with Crippen LogP contribution < -0.4 is 0 Å². The molecular weight excluding hydrogens is 420 g/mol. The Labute approximate surface area is 187 Å². The third kappa shape index (κ3) is 5.74. The third-order valence-corrected chi connectivity index (χ3v) is 5.36. The minimum absolute atomic E-state index is 0.235. The average molecular weight is 449 g/mol. The molecule has 1 amide bonds. The van der Waals surface area contributed by atoms with E-state index in [1.54, 1.807) is 59.1 Å². The SMILES string of the molecule is CCOC(=O)c1[nH]c(C)c(C(=O)C(C)N(CCCOC)C(=O)c2ccc(Cl)cc2)c1C. The van der Waals surface area contributed by atoms with Crippen LogP contribution in [-0.2, 0) is 9.47 Å². The summed E-state index contributed by atoms with van der Waals surface area (Å²) < 4.78 is 10.2. The Morgan fingerprint density at radius 3 is 2.39 bits per heavy atom. The summed E-state index contributed by atoms with van der Waals surface area (Å²) in [6.07, 6.45) is 0.576. The van der Waals surface area contributed by atoms with E-state index in [1.165, 1.54) is 4.90 Å². The number of esters is 1. The molecule has 1 atom stereocenters. The molecule has 0 saturated carbocycles. The number of hydrogen-bond acceptors (Lipinski definition) is 5. The van der Waals surface area contributed by atoms with E-state index in [-0.39, 0.29) is 24.0 Å². The largest absolute Gasteiger partial charge is 0.461 e. The van der Waals surface area contributed by atoms with E-state index in [0.29, 0.717) is 47.0 Å². The van der Waals surface area contributed by atoms with Crippen LogP contribution in [0.25, 0.3) is 0 Å². The summed E-state index contributed by atoms with van der Waals surface area (Å²) in [6.45, 7) is 7.88. The lowest BCUT2D eigenvalue weighted by Crippen LogP contribution is -2.44. The monoisotopic (exact) mass is 448 g/mol. The van der Waals surface area contributed by atoms with Gasteiger partial charge in [0, 0.05) is 42.1 Å². The van der Waals surface area contributed by atoms with Gasteiger partial charge in [-0.3, -0.25) is 9.59 Å². The first-order chi connectivity index (χ1) is 14.7. The first-order valence-electron chi connectivity index (χ1n) is 10.2. The van der Waals surface area contributed by atoms with Crippen LogP contribution in [0.1, 0.15) is 62.7 Å². The van der Waals surface area contributed by atoms with Gasteiger partial charge >= 0.3 is 5.97 Å². The number of H-pyrrole nitrogens is 1. The Morgan fingerprint density at radius 2 is 1.81 bits per heavy atom. The topological polar surface area (TPSA) is 88.7 Å². The summed E-state index contributed by atoms with van der Waals surface area (Å²) in [7, 11) is 1.59. The molecule has 0 aliphatic carbocycles. The molecule has 0 fully saturated rings. The molecule has 31 heavy (non-hydrogen) atoms. The zero-order valence-electron chi connectivity index (χ0n) is 18.6. The first kappa shape index (κ1) is 24.6. The normalized spacial score (nSPS) is 11.8. The minimum atomic E-state index is -0.747. The van der Waals surface area contributed by atoms with E-state index in [1.807, 2.05) is 0 Å².